The van der Waals surface area contributed by atoms with Gasteiger partial charge in [-0.2, -0.15) is 5.09 Å². The van der Waals surface area contributed by atoms with Crippen molar-refractivity contribution in [1.29, 1.82) is 0 Å². The van der Waals surface area contributed by atoms with Crippen LogP contribution in [-0.2, 0) is 23.4 Å². The monoisotopic (exact) mass is 656 g/mol. The third kappa shape index (κ3) is 7.16. The number of esters is 1. The van der Waals surface area contributed by atoms with Crippen molar-refractivity contribution in [1.82, 2.24) is 24.6 Å². The molecule has 44 heavy (non-hydrogen) atoms. The van der Waals surface area contributed by atoms with Crippen molar-refractivity contribution in [2.45, 2.75) is 77.8 Å². The van der Waals surface area contributed by atoms with E-state index in [1.54, 1.807) is 51.1 Å². The number of aliphatic hydroxyl groups is 1. The summed E-state index contributed by atoms with van der Waals surface area (Å²) >= 11 is 6.29. The number of anilines is 1. The average molecular weight is 657 g/mol. The standard InChI is InChI=1S/C28H39ClFN6O7P/c1-7-35(8-2)24-22-25(33-19(6)32-24)36(16-31-22)26-21(30)23(37)28(14-29,42-26)15-40-44(39,43-20-12-10-9-11-13-20)34-18(5)27(38)41-17(3)4/h9-13,16-18,21,23,26,37H,7-8,14-15H2,1-6H3,(H,34,39)/t18-,21-,23-,26+,28+,44?/m0/s1. The Bertz CT molecular complexity index is 1480. The minimum absolute atomic E-state index is 0.172. The molecule has 13 nitrogen and oxygen atoms in total. The molecule has 3 heterocycles. The highest BCUT2D eigenvalue weighted by Crippen LogP contribution is 2.49. The van der Waals surface area contributed by atoms with Crippen molar-refractivity contribution in [3.63, 3.8) is 0 Å². The zero-order chi connectivity index (χ0) is 32.2. The summed E-state index contributed by atoms with van der Waals surface area (Å²) in [5.74, 6) is 0.0736. The Morgan fingerprint density at radius 2 is 1.93 bits per heavy atom. The van der Waals surface area contributed by atoms with Gasteiger partial charge in [0.1, 0.15) is 29.3 Å². The lowest BCUT2D eigenvalue weighted by molar-refractivity contribution is -0.149. The summed E-state index contributed by atoms with van der Waals surface area (Å²) in [5, 5.41) is 13.7. The molecule has 6 atom stereocenters. The number of ether oxygens (including phenoxy) is 2. The van der Waals surface area contributed by atoms with Crippen LogP contribution < -0.4 is 14.5 Å². The highest BCUT2D eigenvalue weighted by molar-refractivity contribution is 7.52. The molecular weight excluding hydrogens is 618 g/mol. The molecule has 1 aliphatic heterocycles. The third-order valence-corrected chi connectivity index (χ3v) is 9.13. The number of benzene rings is 1. The average Bonchev–Trinajstić information content (AvgIpc) is 3.51. The summed E-state index contributed by atoms with van der Waals surface area (Å²) < 4.78 is 53.9. The number of aromatic nitrogens is 4. The number of para-hydroxylation sites is 1. The summed E-state index contributed by atoms with van der Waals surface area (Å²) in [5.41, 5.74) is -1.12. The van der Waals surface area contributed by atoms with E-state index in [1.165, 1.54) is 17.8 Å². The fraction of sp³-hybridized carbons (Fsp3) is 0.571. The summed E-state index contributed by atoms with van der Waals surface area (Å²) in [7, 11) is -4.37. The zero-order valence-corrected chi connectivity index (χ0v) is 27.2. The number of fused-ring (bicyclic) bond motifs is 1. The molecule has 0 aliphatic carbocycles. The first kappa shape index (κ1) is 34.0. The molecule has 3 aromatic rings. The van der Waals surface area contributed by atoms with E-state index in [0.29, 0.717) is 35.9 Å². The topological polar surface area (TPSA) is 150 Å². The molecule has 4 rings (SSSR count). The molecule has 1 aliphatic rings. The minimum atomic E-state index is -4.37. The van der Waals surface area contributed by atoms with Gasteiger partial charge in [-0.25, -0.2) is 23.9 Å². The Morgan fingerprint density at radius 3 is 2.55 bits per heavy atom. The van der Waals surface area contributed by atoms with Crippen molar-refractivity contribution >= 4 is 42.3 Å². The van der Waals surface area contributed by atoms with E-state index >= 15 is 4.39 Å². The van der Waals surface area contributed by atoms with Crippen LogP contribution in [0.5, 0.6) is 5.75 Å². The molecule has 242 valence electrons. The predicted octanol–water partition coefficient (Wildman–Crippen LogP) is 4.32. The van der Waals surface area contributed by atoms with Gasteiger partial charge in [0.15, 0.2) is 29.4 Å². The molecule has 1 aromatic carbocycles. The maximum Gasteiger partial charge on any atom is 0.459 e. The fourth-order valence-electron chi connectivity index (χ4n) is 4.77. The summed E-state index contributed by atoms with van der Waals surface area (Å²) in [4.78, 5) is 27.9. The maximum absolute atomic E-state index is 15.9. The largest absolute Gasteiger partial charge is 0.462 e. The smallest absolute Gasteiger partial charge is 0.459 e. The number of carbonyl (C=O) groups excluding carboxylic acids is 1. The van der Waals surface area contributed by atoms with Gasteiger partial charge < -0.3 is 24.0 Å². The van der Waals surface area contributed by atoms with Gasteiger partial charge in [-0.1, -0.05) is 18.2 Å². The molecule has 0 saturated carbocycles. The van der Waals surface area contributed by atoms with Gasteiger partial charge in [0.2, 0.25) is 0 Å². The van der Waals surface area contributed by atoms with Crippen LogP contribution in [0.4, 0.5) is 10.2 Å². The molecule has 2 N–H and O–H groups in total. The van der Waals surface area contributed by atoms with Crippen molar-refractivity contribution < 1.29 is 37.4 Å². The van der Waals surface area contributed by atoms with E-state index < -0.39 is 62.5 Å². The van der Waals surface area contributed by atoms with Crippen LogP contribution in [0, 0.1) is 6.92 Å². The van der Waals surface area contributed by atoms with Crippen LogP contribution in [0.1, 0.15) is 46.7 Å². The summed E-state index contributed by atoms with van der Waals surface area (Å²) in [6.45, 7) is 11.1. The van der Waals surface area contributed by atoms with Crippen molar-refractivity contribution in [2.24, 2.45) is 0 Å². The molecule has 2 aromatic heterocycles. The molecular formula is C28H39ClFN6O7P. The van der Waals surface area contributed by atoms with Crippen molar-refractivity contribution in [2.75, 3.05) is 30.5 Å². The van der Waals surface area contributed by atoms with E-state index in [4.69, 9.17) is 30.1 Å². The van der Waals surface area contributed by atoms with E-state index in [9.17, 15) is 14.5 Å². The molecule has 1 unspecified atom stereocenters. The SMILES string of the molecule is CCN(CC)c1nc(C)nc2c1ncn2[C@@H]1O[C@](CCl)(COP(=O)(N[C@@H](C)C(=O)OC(C)C)Oc2ccccc2)[C@@H](O)[C@@H]1F. The third-order valence-electron chi connectivity index (χ3n) is 7.05. The fourth-order valence-corrected chi connectivity index (χ4v) is 6.61. The molecule has 0 spiro atoms. The van der Waals surface area contributed by atoms with E-state index in [-0.39, 0.29) is 5.75 Å². The van der Waals surface area contributed by atoms with Gasteiger partial charge in [0, 0.05) is 13.1 Å². The lowest BCUT2D eigenvalue weighted by atomic mass is 9.99. The number of nitrogens with zero attached hydrogens (tertiary/aromatic N) is 5. The lowest BCUT2D eigenvalue weighted by Crippen LogP contribution is -2.48. The number of carbonyl (C=O) groups is 1. The molecule has 0 radical (unpaired) electrons. The number of rotatable bonds is 14. The summed E-state index contributed by atoms with van der Waals surface area (Å²) in [6.07, 6.45) is -4.25. The van der Waals surface area contributed by atoms with Crippen LogP contribution >= 0.6 is 19.3 Å². The highest BCUT2D eigenvalue weighted by atomic mass is 35.5. The number of imidazole rings is 1. The first-order valence-electron chi connectivity index (χ1n) is 14.4. The summed E-state index contributed by atoms with van der Waals surface area (Å²) in [6, 6.07) is 7.02. The molecule has 0 amide bonds. The molecule has 0 bridgehead atoms. The van der Waals surface area contributed by atoms with Crippen LogP contribution in [-0.4, -0.2) is 86.2 Å². The molecule has 1 fully saturated rings. The van der Waals surface area contributed by atoms with Crippen LogP contribution in [0.3, 0.4) is 0 Å². The van der Waals surface area contributed by atoms with Gasteiger partial charge in [-0.05, 0) is 53.7 Å². The highest BCUT2D eigenvalue weighted by Gasteiger charge is 2.57. The van der Waals surface area contributed by atoms with Crippen LogP contribution in [0.15, 0.2) is 36.7 Å². The second-order valence-corrected chi connectivity index (χ2v) is 12.7. The first-order valence-corrected chi connectivity index (χ1v) is 16.4. The number of nitrogens with one attached hydrogen (secondary N) is 1. The van der Waals surface area contributed by atoms with E-state index in [1.807, 2.05) is 18.7 Å². The lowest BCUT2D eigenvalue weighted by Gasteiger charge is -2.31. The van der Waals surface area contributed by atoms with Gasteiger partial charge in [-0.3, -0.25) is 13.9 Å². The number of hydrogen-bond acceptors (Lipinski definition) is 11. The minimum Gasteiger partial charge on any atom is -0.462 e. The predicted molar refractivity (Wildman–Crippen MR) is 163 cm³/mol. The Balaban J connectivity index is 1.63. The van der Waals surface area contributed by atoms with Gasteiger partial charge in [0.05, 0.1) is 24.9 Å². The Kier molecular flexibility index (Phi) is 10.9. The maximum atomic E-state index is 15.9. The normalized spacial score (nSPS) is 23.9. The second-order valence-electron chi connectivity index (χ2n) is 10.7. The van der Waals surface area contributed by atoms with E-state index in [2.05, 4.69) is 20.0 Å². The van der Waals surface area contributed by atoms with Crippen molar-refractivity contribution in [3.05, 3.63) is 42.5 Å². The first-order chi connectivity index (χ1) is 20.9. The Morgan fingerprint density at radius 1 is 1.25 bits per heavy atom. The van der Waals surface area contributed by atoms with E-state index in [0.717, 1.165) is 0 Å². The van der Waals surface area contributed by atoms with Gasteiger partial charge in [0.25, 0.3) is 0 Å². The number of aliphatic hydroxyl groups excluding tert-OH is 1. The van der Waals surface area contributed by atoms with Crippen molar-refractivity contribution in [3.8, 4) is 5.75 Å². The molecule has 1 saturated heterocycles. The second kappa shape index (κ2) is 14.1. The Labute approximate surface area is 260 Å². The molecule has 16 heteroatoms. The number of alkyl halides is 2. The number of halogens is 2. The zero-order valence-electron chi connectivity index (χ0n) is 25.5. The number of hydrogen-bond donors (Lipinski definition) is 2. The van der Waals surface area contributed by atoms with Gasteiger partial charge in [-0.15, -0.1) is 11.6 Å². The quantitative estimate of drug-likeness (QED) is 0.145. The van der Waals surface area contributed by atoms with Gasteiger partial charge >= 0.3 is 13.7 Å². The van der Waals surface area contributed by atoms with Crippen LogP contribution in [0.2, 0.25) is 0 Å². The van der Waals surface area contributed by atoms with Crippen LogP contribution in [0.25, 0.3) is 11.2 Å². The Hall–Kier alpha value is -2.87. The number of aryl methyl sites for hydroxylation is 1.